The van der Waals surface area contributed by atoms with Crippen LogP contribution in [0.5, 0.6) is 0 Å². The van der Waals surface area contributed by atoms with Gasteiger partial charge in [-0.2, -0.15) is 5.10 Å². The molecule has 3 aromatic rings. The second-order valence-electron chi connectivity index (χ2n) is 13.3. The number of anilines is 2. The number of urea groups is 1. The lowest BCUT2D eigenvalue weighted by atomic mass is 9.88. The first-order chi connectivity index (χ1) is 20.2. The van der Waals surface area contributed by atoms with E-state index in [2.05, 4.69) is 49.3 Å². The van der Waals surface area contributed by atoms with Gasteiger partial charge in [-0.3, -0.25) is 10.1 Å². The Labute approximate surface area is 251 Å². The van der Waals surface area contributed by atoms with Crippen molar-refractivity contribution in [2.75, 3.05) is 23.7 Å². The minimum absolute atomic E-state index is 0.161. The van der Waals surface area contributed by atoms with Crippen LogP contribution in [0, 0.1) is 18.8 Å². The molecule has 2 aliphatic rings. The van der Waals surface area contributed by atoms with Crippen molar-refractivity contribution >= 4 is 23.4 Å². The maximum absolute atomic E-state index is 13.3. The summed E-state index contributed by atoms with van der Waals surface area (Å²) in [7, 11) is 0. The number of benzene rings is 2. The SMILES string of the molecule is Cc1ccc(-n2nc(C(C)(C)C)cc2NC(=O)Nc2ccccc2CC2CCN(C(=O)C3CCCCCC3)CC2)cc1. The van der Waals surface area contributed by atoms with E-state index in [1.54, 1.807) is 4.68 Å². The Morgan fingerprint density at radius 2 is 1.55 bits per heavy atom. The predicted octanol–water partition coefficient (Wildman–Crippen LogP) is 7.87. The number of aryl methyl sites for hydroxylation is 1. The monoisotopic (exact) mass is 569 g/mol. The molecule has 7 heteroatoms. The average molecular weight is 570 g/mol. The number of carbonyl (C=O) groups is 2. The van der Waals surface area contributed by atoms with E-state index in [-0.39, 0.29) is 17.4 Å². The van der Waals surface area contributed by atoms with Crippen LogP contribution in [0.1, 0.15) is 89.0 Å². The van der Waals surface area contributed by atoms with Crippen LogP contribution in [0.15, 0.2) is 54.6 Å². The van der Waals surface area contributed by atoms with Gasteiger partial charge in [-0.1, -0.05) is 82.3 Å². The van der Waals surface area contributed by atoms with Crippen LogP contribution in [-0.2, 0) is 16.6 Å². The highest BCUT2D eigenvalue weighted by Crippen LogP contribution is 2.30. The van der Waals surface area contributed by atoms with Crippen LogP contribution in [0.4, 0.5) is 16.3 Å². The summed E-state index contributed by atoms with van der Waals surface area (Å²) in [5.74, 6) is 1.74. The summed E-state index contributed by atoms with van der Waals surface area (Å²) in [6.45, 7) is 10.1. The number of piperidine rings is 1. The van der Waals surface area contributed by atoms with Crippen molar-refractivity contribution in [1.29, 1.82) is 0 Å². The van der Waals surface area contributed by atoms with Gasteiger partial charge in [0.05, 0.1) is 11.4 Å². The molecule has 1 aliphatic heterocycles. The molecular formula is C35H47N5O2. The first-order valence-corrected chi connectivity index (χ1v) is 15.8. The van der Waals surface area contributed by atoms with Crippen molar-refractivity contribution in [3.05, 3.63) is 71.4 Å². The molecule has 1 saturated carbocycles. The van der Waals surface area contributed by atoms with Gasteiger partial charge >= 0.3 is 6.03 Å². The number of likely N-dealkylation sites (tertiary alicyclic amines) is 1. The largest absolute Gasteiger partial charge is 0.342 e. The topological polar surface area (TPSA) is 79.3 Å². The molecule has 0 radical (unpaired) electrons. The first kappa shape index (κ1) is 29.9. The van der Waals surface area contributed by atoms with Gasteiger partial charge in [-0.05, 0) is 68.7 Å². The lowest BCUT2D eigenvalue weighted by Gasteiger charge is -2.34. The fourth-order valence-corrected chi connectivity index (χ4v) is 6.26. The zero-order valence-corrected chi connectivity index (χ0v) is 25.8. The van der Waals surface area contributed by atoms with Crippen LogP contribution in [0.3, 0.4) is 0 Å². The molecule has 1 aliphatic carbocycles. The summed E-state index contributed by atoms with van der Waals surface area (Å²) >= 11 is 0. The molecule has 3 amide bonds. The van der Waals surface area contributed by atoms with Crippen molar-refractivity contribution in [1.82, 2.24) is 14.7 Å². The normalized spacial score (nSPS) is 17.1. The molecule has 2 N–H and O–H groups in total. The summed E-state index contributed by atoms with van der Waals surface area (Å²) in [4.78, 5) is 28.6. The molecule has 0 spiro atoms. The molecular weight excluding hydrogens is 522 g/mol. The van der Waals surface area contributed by atoms with E-state index in [9.17, 15) is 9.59 Å². The third-order valence-corrected chi connectivity index (χ3v) is 8.90. The van der Waals surface area contributed by atoms with Crippen LogP contribution in [0.2, 0.25) is 0 Å². The van der Waals surface area contributed by atoms with Crippen LogP contribution < -0.4 is 10.6 Å². The lowest BCUT2D eigenvalue weighted by Crippen LogP contribution is -2.42. The Morgan fingerprint density at radius 1 is 0.881 bits per heavy atom. The minimum Gasteiger partial charge on any atom is -0.342 e. The Hall–Kier alpha value is -3.61. The van der Waals surface area contributed by atoms with Gasteiger partial charge in [-0.15, -0.1) is 0 Å². The van der Waals surface area contributed by atoms with E-state index in [1.165, 1.54) is 31.2 Å². The number of rotatable bonds is 6. The van der Waals surface area contributed by atoms with Crippen LogP contribution in [0.25, 0.3) is 5.69 Å². The van der Waals surface area contributed by atoms with Crippen LogP contribution in [-0.4, -0.2) is 39.7 Å². The second kappa shape index (κ2) is 13.1. The van der Waals surface area contributed by atoms with Gasteiger partial charge in [0.15, 0.2) is 0 Å². The molecule has 2 aromatic carbocycles. The molecule has 1 saturated heterocycles. The Morgan fingerprint density at radius 3 is 2.21 bits per heavy atom. The Bertz CT molecular complexity index is 1350. The van der Waals surface area contributed by atoms with Gasteiger partial charge in [0, 0.05) is 36.2 Å². The zero-order chi connectivity index (χ0) is 29.7. The maximum atomic E-state index is 13.3. The third-order valence-electron chi connectivity index (χ3n) is 8.90. The molecule has 5 rings (SSSR count). The molecule has 2 fully saturated rings. The molecule has 2 heterocycles. The molecule has 0 bridgehead atoms. The number of nitrogens with one attached hydrogen (secondary N) is 2. The van der Waals surface area contributed by atoms with E-state index < -0.39 is 0 Å². The van der Waals surface area contributed by atoms with Crippen molar-refractivity contribution in [3.8, 4) is 5.69 Å². The highest BCUT2D eigenvalue weighted by molar-refractivity contribution is 6.00. The fraction of sp³-hybridized carbons (Fsp3) is 0.514. The minimum atomic E-state index is -0.292. The number of carbonyl (C=O) groups excluding carboxylic acids is 2. The summed E-state index contributed by atoms with van der Waals surface area (Å²) in [6.07, 6.45) is 9.93. The number of hydrogen-bond donors (Lipinski definition) is 2. The Kier molecular flexibility index (Phi) is 9.34. The van der Waals surface area contributed by atoms with Crippen molar-refractivity contribution in [2.45, 2.75) is 90.9 Å². The summed E-state index contributed by atoms with van der Waals surface area (Å²) < 4.78 is 1.80. The smallest absolute Gasteiger partial charge is 0.324 e. The average Bonchev–Trinajstić information content (AvgIpc) is 3.20. The quantitative estimate of drug-likeness (QED) is 0.297. The van der Waals surface area contributed by atoms with E-state index in [1.807, 2.05) is 48.5 Å². The van der Waals surface area contributed by atoms with E-state index >= 15 is 0 Å². The van der Waals surface area contributed by atoms with Gasteiger partial charge < -0.3 is 10.2 Å². The number of amides is 3. The number of hydrogen-bond acceptors (Lipinski definition) is 3. The molecule has 0 unspecified atom stereocenters. The molecule has 7 nitrogen and oxygen atoms in total. The number of aromatic nitrogens is 2. The molecule has 42 heavy (non-hydrogen) atoms. The summed E-state index contributed by atoms with van der Waals surface area (Å²) in [5, 5.41) is 11.0. The maximum Gasteiger partial charge on any atom is 0.324 e. The van der Waals surface area contributed by atoms with Gasteiger partial charge in [0.2, 0.25) is 5.91 Å². The lowest BCUT2D eigenvalue weighted by molar-refractivity contribution is -0.137. The first-order valence-electron chi connectivity index (χ1n) is 15.8. The summed E-state index contributed by atoms with van der Waals surface area (Å²) in [6, 6.07) is 17.9. The van der Waals surface area contributed by atoms with Crippen molar-refractivity contribution < 1.29 is 9.59 Å². The number of para-hydroxylation sites is 1. The Balaban J connectivity index is 1.22. The summed E-state index contributed by atoms with van der Waals surface area (Å²) in [5.41, 5.74) is 4.76. The predicted molar refractivity (Wildman–Crippen MR) is 170 cm³/mol. The standard InChI is InChI=1S/C35H47N5O2/c1-25-15-17-29(18-16-25)40-32(24-31(38-40)35(2,3)4)37-34(42)36-30-14-10-9-13-28(30)23-26-19-21-39(22-20-26)33(41)27-11-7-5-6-8-12-27/h9-10,13-18,24,26-27H,5-8,11-12,19-23H2,1-4H3,(H2,36,37,42). The third kappa shape index (κ3) is 7.42. The highest BCUT2D eigenvalue weighted by atomic mass is 16.2. The molecule has 0 atom stereocenters. The molecule has 224 valence electrons. The van der Waals surface area contributed by atoms with E-state index in [4.69, 9.17) is 5.10 Å². The number of nitrogens with zero attached hydrogens (tertiary/aromatic N) is 3. The highest BCUT2D eigenvalue weighted by Gasteiger charge is 2.29. The molecule has 1 aromatic heterocycles. The van der Waals surface area contributed by atoms with Gasteiger partial charge in [-0.25, -0.2) is 9.48 Å². The fourth-order valence-electron chi connectivity index (χ4n) is 6.26. The van der Waals surface area contributed by atoms with E-state index in [0.29, 0.717) is 17.6 Å². The van der Waals surface area contributed by atoms with E-state index in [0.717, 1.165) is 67.8 Å². The van der Waals surface area contributed by atoms with Gasteiger partial charge in [0.1, 0.15) is 5.82 Å². The van der Waals surface area contributed by atoms with Crippen molar-refractivity contribution in [2.24, 2.45) is 11.8 Å². The second-order valence-corrected chi connectivity index (χ2v) is 13.3. The van der Waals surface area contributed by atoms with Crippen molar-refractivity contribution in [3.63, 3.8) is 0 Å². The van der Waals surface area contributed by atoms with Crippen LogP contribution >= 0.6 is 0 Å². The van der Waals surface area contributed by atoms with Gasteiger partial charge in [0.25, 0.3) is 0 Å². The zero-order valence-electron chi connectivity index (χ0n) is 25.8.